The van der Waals surface area contributed by atoms with Crippen LogP contribution in [0, 0.1) is 0 Å². The minimum Gasteiger partial charge on any atom is -0.480 e. The summed E-state index contributed by atoms with van der Waals surface area (Å²) >= 11 is 0. The fraction of sp³-hybridized carbons (Fsp3) is 0.545. The number of nitrogens with one attached hydrogen (secondary N) is 1. The second-order valence-electron chi connectivity index (χ2n) is 4.43. The highest BCUT2D eigenvalue weighted by Gasteiger charge is 2.39. The van der Waals surface area contributed by atoms with Crippen LogP contribution in [-0.4, -0.2) is 57.6 Å². The van der Waals surface area contributed by atoms with Gasteiger partial charge in [-0.3, -0.25) is 4.68 Å². The predicted molar refractivity (Wildman–Crippen MR) is 65.8 cm³/mol. The quantitative estimate of drug-likeness (QED) is 0.812. The molecule has 2 amide bonds. The summed E-state index contributed by atoms with van der Waals surface area (Å²) in [4.78, 5) is 24.5. The minimum atomic E-state index is -1.03. The van der Waals surface area contributed by atoms with Crippen LogP contribution in [0.25, 0.3) is 0 Å². The van der Waals surface area contributed by atoms with Crippen LogP contribution < -0.4 is 5.32 Å². The summed E-state index contributed by atoms with van der Waals surface area (Å²) in [5.74, 6) is -1.03. The Hall–Kier alpha value is -2.09. The van der Waals surface area contributed by atoms with Gasteiger partial charge in [-0.15, -0.1) is 0 Å². The van der Waals surface area contributed by atoms with Crippen molar-refractivity contribution in [2.45, 2.75) is 18.6 Å². The lowest BCUT2D eigenvalue weighted by molar-refractivity contribution is -0.141. The molecule has 1 aliphatic heterocycles. The van der Waals surface area contributed by atoms with Gasteiger partial charge in [0.15, 0.2) is 0 Å². The fourth-order valence-electron chi connectivity index (χ4n) is 2.11. The zero-order valence-corrected chi connectivity index (χ0v) is 10.7. The van der Waals surface area contributed by atoms with Gasteiger partial charge in [0, 0.05) is 33.3 Å². The summed E-state index contributed by atoms with van der Waals surface area (Å²) in [7, 11) is 3.23. The molecule has 1 fully saturated rings. The van der Waals surface area contributed by atoms with Gasteiger partial charge in [-0.2, -0.15) is 5.10 Å². The molecule has 19 heavy (non-hydrogen) atoms. The summed E-state index contributed by atoms with van der Waals surface area (Å²) < 4.78 is 6.67. The lowest BCUT2D eigenvalue weighted by atomic mass is 10.2. The van der Waals surface area contributed by atoms with E-state index in [0.717, 1.165) is 0 Å². The van der Waals surface area contributed by atoms with Gasteiger partial charge in [0.2, 0.25) is 0 Å². The maximum atomic E-state index is 12.1. The molecule has 1 aromatic heterocycles. The molecule has 0 aliphatic carbocycles. The highest BCUT2D eigenvalue weighted by Crippen LogP contribution is 2.21. The number of hydrogen-bond acceptors (Lipinski definition) is 4. The number of hydrogen-bond donors (Lipinski definition) is 2. The number of methoxy groups -OCH3 is 1. The average molecular weight is 268 g/mol. The van der Waals surface area contributed by atoms with E-state index in [4.69, 9.17) is 9.84 Å². The van der Waals surface area contributed by atoms with Crippen LogP contribution in [-0.2, 0) is 16.6 Å². The molecule has 1 aromatic rings. The summed E-state index contributed by atoms with van der Waals surface area (Å²) in [6.45, 7) is 0.263. The summed E-state index contributed by atoms with van der Waals surface area (Å²) in [5.41, 5.74) is 0.525. The van der Waals surface area contributed by atoms with E-state index in [9.17, 15) is 9.59 Å². The Morgan fingerprint density at radius 2 is 2.32 bits per heavy atom. The second-order valence-corrected chi connectivity index (χ2v) is 4.43. The molecule has 0 bridgehead atoms. The number of urea groups is 1. The normalized spacial score (nSPS) is 22.5. The number of aromatic nitrogens is 2. The molecular weight excluding hydrogens is 252 g/mol. The Balaban J connectivity index is 2.06. The first kappa shape index (κ1) is 13.3. The summed E-state index contributed by atoms with van der Waals surface area (Å²) in [6.07, 6.45) is 3.18. The largest absolute Gasteiger partial charge is 0.480 e. The van der Waals surface area contributed by atoms with Gasteiger partial charge >= 0.3 is 12.0 Å². The van der Waals surface area contributed by atoms with Gasteiger partial charge in [0.25, 0.3) is 0 Å². The first-order valence-electron chi connectivity index (χ1n) is 5.83. The molecule has 8 heteroatoms. The molecule has 0 aromatic carbocycles. The smallest absolute Gasteiger partial charge is 0.326 e. The highest BCUT2D eigenvalue weighted by atomic mass is 16.5. The summed E-state index contributed by atoms with van der Waals surface area (Å²) in [5, 5.41) is 15.7. The number of nitrogens with zero attached hydrogens (tertiary/aromatic N) is 3. The van der Waals surface area contributed by atoms with E-state index in [2.05, 4.69) is 10.4 Å². The number of carbonyl (C=O) groups is 2. The number of carbonyl (C=O) groups excluding carboxylic acids is 1. The molecule has 0 radical (unpaired) electrons. The van der Waals surface area contributed by atoms with Crippen molar-refractivity contribution in [1.82, 2.24) is 14.7 Å². The molecule has 0 spiro atoms. The van der Waals surface area contributed by atoms with Crippen LogP contribution in [0.15, 0.2) is 12.4 Å². The van der Waals surface area contributed by atoms with E-state index in [-0.39, 0.29) is 12.6 Å². The van der Waals surface area contributed by atoms with Gasteiger partial charge in [-0.05, 0) is 0 Å². The van der Waals surface area contributed by atoms with Crippen molar-refractivity contribution in [3.8, 4) is 0 Å². The lowest BCUT2D eigenvalue weighted by Crippen LogP contribution is -2.43. The minimum absolute atomic E-state index is 0.249. The van der Waals surface area contributed by atoms with E-state index < -0.39 is 18.0 Å². The van der Waals surface area contributed by atoms with E-state index in [1.54, 1.807) is 17.9 Å². The molecule has 2 N–H and O–H groups in total. The van der Waals surface area contributed by atoms with Crippen LogP contribution in [0.1, 0.15) is 6.42 Å². The predicted octanol–water partition coefficient (Wildman–Crippen LogP) is 0.126. The topological polar surface area (TPSA) is 96.7 Å². The average Bonchev–Trinajstić information content (AvgIpc) is 2.95. The lowest BCUT2D eigenvalue weighted by Gasteiger charge is -2.21. The molecule has 1 aliphatic rings. The number of likely N-dealkylation sites (tertiary alicyclic amines) is 1. The maximum absolute atomic E-state index is 12.1. The van der Waals surface area contributed by atoms with Gasteiger partial charge in [-0.25, -0.2) is 9.59 Å². The third-order valence-corrected chi connectivity index (χ3v) is 3.10. The van der Waals surface area contributed by atoms with Gasteiger partial charge in [0.1, 0.15) is 6.04 Å². The molecule has 1 saturated heterocycles. The monoisotopic (exact) mass is 268 g/mol. The first-order valence-corrected chi connectivity index (χ1v) is 5.83. The van der Waals surface area contributed by atoms with Crippen LogP contribution in [0.4, 0.5) is 10.5 Å². The number of amides is 2. The molecule has 2 atom stereocenters. The van der Waals surface area contributed by atoms with Crippen LogP contribution >= 0.6 is 0 Å². The van der Waals surface area contributed by atoms with Crippen molar-refractivity contribution < 1.29 is 19.4 Å². The SMILES string of the molecule is COC1CC(C(=O)O)N(C(=O)Nc2cnn(C)c2)C1. The van der Waals surface area contributed by atoms with Crippen molar-refractivity contribution in [2.24, 2.45) is 7.05 Å². The zero-order chi connectivity index (χ0) is 14.0. The number of rotatable bonds is 3. The second kappa shape index (κ2) is 5.27. The van der Waals surface area contributed by atoms with Gasteiger partial charge in [0.05, 0.1) is 18.0 Å². The Bertz CT molecular complexity index is 487. The standard InChI is InChI=1S/C11H16N4O4/c1-14-5-7(4-12-14)13-11(18)15-6-8(19-2)3-9(15)10(16)17/h4-5,8-9H,3,6H2,1-2H3,(H,13,18)(H,16,17). The van der Waals surface area contributed by atoms with E-state index in [1.165, 1.54) is 18.2 Å². The number of anilines is 1. The fourth-order valence-corrected chi connectivity index (χ4v) is 2.11. The van der Waals surface area contributed by atoms with E-state index >= 15 is 0 Å². The van der Waals surface area contributed by atoms with Crippen LogP contribution in [0.5, 0.6) is 0 Å². The molecule has 104 valence electrons. The Morgan fingerprint density at radius 1 is 1.58 bits per heavy atom. The van der Waals surface area contributed by atoms with Gasteiger partial charge < -0.3 is 20.1 Å². The third-order valence-electron chi connectivity index (χ3n) is 3.10. The zero-order valence-electron chi connectivity index (χ0n) is 10.7. The van der Waals surface area contributed by atoms with Crippen LogP contribution in [0.3, 0.4) is 0 Å². The van der Waals surface area contributed by atoms with Crippen molar-refractivity contribution in [3.63, 3.8) is 0 Å². The van der Waals surface area contributed by atoms with E-state index in [0.29, 0.717) is 12.1 Å². The number of ether oxygens (including phenoxy) is 1. The van der Waals surface area contributed by atoms with Crippen molar-refractivity contribution >= 4 is 17.7 Å². The Labute approximate surface area is 109 Å². The molecule has 0 saturated carbocycles. The Morgan fingerprint density at radius 3 is 2.84 bits per heavy atom. The Kier molecular flexibility index (Phi) is 3.70. The summed E-state index contributed by atoms with van der Waals surface area (Å²) in [6, 6.07) is -1.32. The van der Waals surface area contributed by atoms with Crippen molar-refractivity contribution in [2.75, 3.05) is 19.0 Å². The van der Waals surface area contributed by atoms with Crippen molar-refractivity contribution in [3.05, 3.63) is 12.4 Å². The number of carboxylic acids is 1. The molecule has 2 rings (SSSR count). The van der Waals surface area contributed by atoms with Crippen molar-refractivity contribution in [1.29, 1.82) is 0 Å². The molecule has 2 heterocycles. The highest BCUT2D eigenvalue weighted by molar-refractivity contribution is 5.92. The van der Waals surface area contributed by atoms with Gasteiger partial charge in [-0.1, -0.05) is 0 Å². The number of carboxylic acid groups (broad SMARTS) is 1. The molecule has 2 unspecified atom stereocenters. The van der Waals surface area contributed by atoms with E-state index in [1.807, 2.05) is 0 Å². The third kappa shape index (κ3) is 2.84. The number of aliphatic carboxylic acids is 1. The first-order chi connectivity index (χ1) is 9.01. The molecular formula is C11H16N4O4. The van der Waals surface area contributed by atoms with Crippen LogP contribution in [0.2, 0.25) is 0 Å². The number of aryl methyl sites for hydroxylation is 1. The molecule has 8 nitrogen and oxygen atoms in total. The maximum Gasteiger partial charge on any atom is 0.326 e.